The molecule has 3 nitrogen and oxygen atoms in total. The summed E-state index contributed by atoms with van der Waals surface area (Å²) in [5.41, 5.74) is 2.55. The number of rotatable bonds is 2. The molecule has 0 saturated carbocycles. The van der Waals surface area contributed by atoms with Crippen molar-refractivity contribution in [3.05, 3.63) is 17.1 Å². The number of thioether (sulfide) groups is 1. The maximum absolute atomic E-state index is 4.70. The summed E-state index contributed by atoms with van der Waals surface area (Å²) >= 11 is 1.92. The molecular formula is C12H19N3S. The molecule has 0 fully saturated rings. The first-order chi connectivity index (χ1) is 7.52. The number of hydrogen-bond donors (Lipinski definition) is 1. The van der Waals surface area contributed by atoms with Gasteiger partial charge in [0.05, 0.1) is 5.69 Å². The zero-order chi connectivity index (χ0) is 11.8. The summed E-state index contributed by atoms with van der Waals surface area (Å²) in [6.45, 7) is 9.50. The van der Waals surface area contributed by atoms with Gasteiger partial charge in [0, 0.05) is 29.0 Å². The Morgan fingerprint density at radius 2 is 2.00 bits per heavy atom. The lowest BCUT2D eigenvalue weighted by Gasteiger charge is -2.19. The van der Waals surface area contributed by atoms with Crippen LogP contribution in [0.4, 0.5) is 5.82 Å². The van der Waals surface area contributed by atoms with Crippen molar-refractivity contribution in [1.82, 2.24) is 9.97 Å². The third kappa shape index (κ3) is 2.17. The van der Waals surface area contributed by atoms with Gasteiger partial charge in [-0.25, -0.2) is 9.97 Å². The molecular weight excluding hydrogens is 218 g/mol. The Labute approximate surface area is 101 Å². The highest BCUT2D eigenvalue weighted by molar-refractivity contribution is 7.98. The Bertz CT molecular complexity index is 396. The van der Waals surface area contributed by atoms with Crippen LogP contribution in [-0.4, -0.2) is 16.5 Å². The van der Waals surface area contributed by atoms with Gasteiger partial charge in [-0.1, -0.05) is 20.8 Å². The van der Waals surface area contributed by atoms with Gasteiger partial charge >= 0.3 is 0 Å². The SMILES string of the molecule is CCNc1nc(C(C)(C)C)nc2c1CSC2. The first-order valence-corrected chi connectivity index (χ1v) is 6.89. The summed E-state index contributed by atoms with van der Waals surface area (Å²) in [4.78, 5) is 9.37. The van der Waals surface area contributed by atoms with E-state index < -0.39 is 0 Å². The molecule has 1 aliphatic heterocycles. The molecule has 2 rings (SSSR count). The third-order valence-corrected chi connectivity index (χ3v) is 3.56. The topological polar surface area (TPSA) is 37.8 Å². The van der Waals surface area contributed by atoms with Crippen LogP contribution >= 0.6 is 11.8 Å². The van der Waals surface area contributed by atoms with Crippen molar-refractivity contribution in [1.29, 1.82) is 0 Å². The standard InChI is InChI=1S/C12H19N3S/c1-5-13-10-8-6-16-7-9(8)14-11(15-10)12(2,3)4/h5-7H2,1-4H3,(H,13,14,15). The van der Waals surface area contributed by atoms with Gasteiger partial charge < -0.3 is 5.32 Å². The maximum atomic E-state index is 4.70. The quantitative estimate of drug-likeness (QED) is 0.858. The largest absolute Gasteiger partial charge is 0.370 e. The van der Waals surface area contributed by atoms with Crippen molar-refractivity contribution in [2.24, 2.45) is 0 Å². The van der Waals surface area contributed by atoms with Crippen LogP contribution < -0.4 is 5.32 Å². The van der Waals surface area contributed by atoms with Gasteiger partial charge in [-0.05, 0) is 6.92 Å². The van der Waals surface area contributed by atoms with Gasteiger partial charge in [0.15, 0.2) is 0 Å². The zero-order valence-electron chi connectivity index (χ0n) is 10.4. The van der Waals surface area contributed by atoms with E-state index in [2.05, 4.69) is 38.0 Å². The van der Waals surface area contributed by atoms with Crippen LogP contribution in [-0.2, 0) is 16.9 Å². The molecule has 1 N–H and O–H groups in total. The Morgan fingerprint density at radius 3 is 2.62 bits per heavy atom. The smallest absolute Gasteiger partial charge is 0.136 e. The van der Waals surface area contributed by atoms with Crippen molar-refractivity contribution in [3.63, 3.8) is 0 Å². The predicted octanol–water partition coefficient (Wildman–Crippen LogP) is 2.95. The number of fused-ring (bicyclic) bond motifs is 1. The Balaban J connectivity index is 2.47. The second-order valence-corrected chi connectivity index (χ2v) is 6.08. The van der Waals surface area contributed by atoms with E-state index in [1.807, 2.05) is 11.8 Å². The summed E-state index contributed by atoms with van der Waals surface area (Å²) in [5, 5.41) is 3.36. The minimum Gasteiger partial charge on any atom is -0.370 e. The van der Waals surface area contributed by atoms with E-state index in [1.165, 1.54) is 11.3 Å². The molecule has 0 bridgehead atoms. The first kappa shape index (κ1) is 11.7. The molecule has 0 amide bonds. The van der Waals surface area contributed by atoms with Crippen LogP contribution in [0.1, 0.15) is 44.8 Å². The number of anilines is 1. The number of nitrogens with zero attached hydrogens (tertiary/aromatic N) is 2. The van der Waals surface area contributed by atoms with E-state index in [0.29, 0.717) is 0 Å². The molecule has 1 aliphatic rings. The highest BCUT2D eigenvalue weighted by atomic mass is 32.2. The van der Waals surface area contributed by atoms with E-state index in [-0.39, 0.29) is 5.41 Å². The average molecular weight is 237 g/mol. The van der Waals surface area contributed by atoms with Gasteiger partial charge in [-0.3, -0.25) is 0 Å². The van der Waals surface area contributed by atoms with Gasteiger partial charge in [-0.15, -0.1) is 0 Å². The fourth-order valence-electron chi connectivity index (χ4n) is 1.70. The molecule has 2 heterocycles. The molecule has 0 aliphatic carbocycles. The monoisotopic (exact) mass is 237 g/mol. The van der Waals surface area contributed by atoms with E-state index in [0.717, 1.165) is 29.7 Å². The van der Waals surface area contributed by atoms with Gasteiger partial charge in [0.2, 0.25) is 0 Å². The Kier molecular flexibility index (Phi) is 3.10. The molecule has 0 radical (unpaired) electrons. The lowest BCUT2D eigenvalue weighted by atomic mass is 9.95. The van der Waals surface area contributed by atoms with E-state index in [1.54, 1.807) is 0 Å². The van der Waals surface area contributed by atoms with Gasteiger partial charge in [-0.2, -0.15) is 11.8 Å². The van der Waals surface area contributed by atoms with E-state index >= 15 is 0 Å². The zero-order valence-corrected chi connectivity index (χ0v) is 11.2. The number of aromatic nitrogens is 2. The first-order valence-electron chi connectivity index (χ1n) is 5.74. The van der Waals surface area contributed by atoms with Crippen molar-refractivity contribution in [2.75, 3.05) is 11.9 Å². The highest BCUT2D eigenvalue weighted by Crippen LogP contribution is 2.34. The number of hydrogen-bond acceptors (Lipinski definition) is 4. The normalized spacial score (nSPS) is 15.0. The molecule has 1 aromatic heterocycles. The van der Waals surface area contributed by atoms with Crippen molar-refractivity contribution in [3.8, 4) is 0 Å². The van der Waals surface area contributed by atoms with Crippen molar-refractivity contribution < 1.29 is 0 Å². The average Bonchev–Trinajstić information content (AvgIpc) is 2.64. The lowest BCUT2D eigenvalue weighted by molar-refractivity contribution is 0.543. The Morgan fingerprint density at radius 1 is 1.25 bits per heavy atom. The van der Waals surface area contributed by atoms with E-state index in [9.17, 15) is 0 Å². The van der Waals surface area contributed by atoms with Crippen LogP contribution in [0.15, 0.2) is 0 Å². The molecule has 4 heteroatoms. The van der Waals surface area contributed by atoms with E-state index in [4.69, 9.17) is 4.98 Å². The van der Waals surface area contributed by atoms with Crippen molar-refractivity contribution >= 4 is 17.6 Å². The number of nitrogens with one attached hydrogen (secondary N) is 1. The molecule has 0 atom stereocenters. The van der Waals surface area contributed by atoms with Gasteiger partial charge in [0.25, 0.3) is 0 Å². The lowest BCUT2D eigenvalue weighted by Crippen LogP contribution is -2.19. The molecule has 88 valence electrons. The minimum absolute atomic E-state index is 0.0203. The molecule has 0 aromatic carbocycles. The third-order valence-electron chi connectivity index (χ3n) is 2.59. The minimum atomic E-state index is 0.0203. The molecule has 1 aromatic rings. The predicted molar refractivity (Wildman–Crippen MR) is 69.9 cm³/mol. The maximum Gasteiger partial charge on any atom is 0.136 e. The molecule has 0 unspecified atom stereocenters. The molecule has 0 spiro atoms. The molecule has 16 heavy (non-hydrogen) atoms. The highest BCUT2D eigenvalue weighted by Gasteiger charge is 2.24. The Hall–Kier alpha value is -0.770. The summed E-state index contributed by atoms with van der Waals surface area (Å²) in [6.07, 6.45) is 0. The summed E-state index contributed by atoms with van der Waals surface area (Å²) in [6, 6.07) is 0. The second kappa shape index (κ2) is 4.24. The van der Waals surface area contributed by atoms with Crippen LogP contribution in [0, 0.1) is 0 Å². The summed E-state index contributed by atoms with van der Waals surface area (Å²) in [5.74, 6) is 4.06. The summed E-state index contributed by atoms with van der Waals surface area (Å²) in [7, 11) is 0. The van der Waals surface area contributed by atoms with Crippen molar-refractivity contribution in [2.45, 2.75) is 44.6 Å². The van der Waals surface area contributed by atoms with Crippen LogP contribution in [0.25, 0.3) is 0 Å². The second-order valence-electron chi connectivity index (χ2n) is 5.09. The summed E-state index contributed by atoms with van der Waals surface area (Å²) < 4.78 is 0. The van der Waals surface area contributed by atoms with Crippen LogP contribution in [0.5, 0.6) is 0 Å². The van der Waals surface area contributed by atoms with Gasteiger partial charge in [0.1, 0.15) is 11.6 Å². The fourth-order valence-corrected chi connectivity index (χ4v) is 2.74. The molecule has 0 saturated heterocycles. The van der Waals surface area contributed by atoms with Crippen LogP contribution in [0.2, 0.25) is 0 Å². The fraction of sp³-hybridized carbons (Fsp3) is 0.667. The van der Waals surface area contributed by atoms with Crippen LogP contribution in [0.3, 0.4) is 0 Å².